The molecule has 0 saturated heterocycles. The Labute approximate surface area is 118 Å². The molecule has 19 heavy (non-hydrogen) atoms. The Balaban J connectivity index is 2.46. The fraction of sp³-hybridized carbons (Fsp3) is 0.0833. The second kappa shape index (κ2) is 5.86. The molecular formula is C12H8Cl2N2O3. The van der Waals surface area contributed by atoms with Gasteiger partial charge < -0.3 is 4.74 Å². The first-order valence-electron chi connectivity index (χ1n) is 5.24. The van der Waals surface area contributed by atoms with Crippen LogP contribution < -0.4 is 4.74 Å². The van der Waals surface area contributed by atoms with E-state index in [1.807, 2.05) is 0 Å². The molecule has 0 unspecified atom stereocenters. The van der Waals surface area contributed by atoms with Gasteiger partial charge in [-0.05, 0) is 12.1 Å². The number of aromatic nitrogens is 1. The average molecular weight is 299 g/mol. The van der Waals surface area contributed by atoms with Gasteiger partial charge in [-0.2, -0.15) is 0 Å². The van der Waals surface area contributed by atoms with Gasteiger partial charge in [0.15, 0.2) is 0 Å². The summed E-state index contributed by atoms with van der Waals surface area (Å²) in [5, 5.41) is 11.1. The van der Waals surface area contributed by atoms with Crippen LogP contribution in [0.1, 0.15) is 5.56 Å². The van der Waals surface area contributed by atoms with Crippen LogP contribution in [0.3, 0.4) is 0 Å². The molecule has 5 nitrogen and oxygen atoms in total. The molecule has 0 saturated carbocycles. The molecule has 1 heterocycles. The smallest absolute Gasteiger partial charge is 0.313 e. The summed E-state index contributed by atoms with van der Waals surface area (Å²) < 4.78 is 5.45. The molecule has 0 spiro atoms. The number of ether oxygens (including phenoxy) is 1. The van der Waals surface area contributed by atoms with Crippen LogP contribution in [-0.4, -0.2) is 9.91 Å². The van der Waals surface area contributed by atoms with Crippen molar-refractivity contribution in [3.63, 3.8) is 0 Å². The number of halogens is 2. The number of nitro benzene ring substituents is 1. The normalized spacial score (nSPS) is 10.2. The van der Waals surface area contributed by atoms with Gasteiger partial charge in [-0.3, -0.25) is 10.1 Å². The van der Waals surface area contributed by atoms with Crippen LogP contribution in [0.4, 0.5) is 5.69 Å². The lowest BCUT2D eigenvalue weighted by Gasteiger charge is -2.09. The van der Waals surface area contributed by atoms with E-state index in [-0.39, 0.29) is 28.2 Å². The van der Waals surface area contributed by atoms with E-state index in [0.29, 0.717) is 5.56 Å². The third-order valence-electron chi connectivity index (χ3n) is 2.34. The average Bonchev–Trinajstić information content (AvgIpc) is 2.41. The van der Waals surface area contributed by atoms with Crippen molar-refractivity contribution in [2.45, 2.75) is 5.88 Å². The number of hydrogen-bond donors (Lipinski definition) is 0. The topological polar surface area (TPSA) is 65.3 Å². The van der Waals surface area contributed by atoms with Crippen LogP contribution >= 0.6 is 23.2 Å². The SMILES string of the molecule is O=[N+]([O-])c1cccc(Cl)c1Oc1ncccc1CCl. The second-order valence-corrected chi connectivity index (χ2v) is 4.22. The summed E-state index contributed by atoms with van der Waals surface area (Å²) in [7, 11) is 0. The van der Waals surface area contributed by atoms with Gasteiger partial charge in [0.2, 0.25) is 11.6 Å². The van der Waals surface area contributed by atoms with Crippen LogP contribution in [0.5, 0.6) is 11.6 Å². The molecule has 0 fully saturated rings. The number of hydrogen-bond acceptors (Lipinski definition) is 4. The maximum Gasteiger partial charge on any atom is 0.313 e. The van der Waals surface area contributed by atoms with E-state index in [2.05, 4.69) is 4.98 Å². The third kappa shape index (κ3) is 2.94. The van der Waals surface area contributed by atoms with Gasteiger partial charge in [0.25, 0.3) is 0 Å². The predicted octanol–water partition coefficient (Wildman–Crippen LogP) is 4.17. The molecule has 7 heteroatoms. The van der Waals surface area contributed by atoms with E-state index in [9.17, 15) is 10.1 Å². The van der Waals surface area contributed by atoms with E-state index in [0.717, 1.165) is 0 Å². The third-order valence-corrected chi connectivity index (χ3v) is 2.92. The zero-order valence-corrected chi connectivity index (χ0v) is 11.1. The molecule has 2 rings (SSSR count). The molecule has 0 atom stereocenters. The van der Waals surface area contributed by atoms with Gasteiger partial charge in [-0.25, -0.2) is 4.98 Å². The Hall–Kier alpha value is -1.85. The summed E-state index contributed by atoms with van der Waals surface area (Å²) in [4.78, 5) is 14.4. The van der Waals surface area contributed by atoms with Crippen LogP contribution in [-0.2, 0) is 5.88 Å². The van der Waals surface area contributed by atoms with E-state index in [4.69, 9.17) is 27.9 Å². The predicted molar refractivity (Wildman–Crippen MR) is 72.0 cm³/mol. The first kappa shape index (κ1) is 13.6. The highest BCUT2D eigenvalue weighted by molar-refractivity contribution is 6.32. The first-order valence-corrected chi connectivity index (χ1v) is 6.15. The number of alkyl halides is 1. The molecule has 1 aromatic carbocycles. The van der Waals surface area contributed by atoms with Crippen molar-refractivity contribution in [2.24, 2.45) is 0 Å². The van der Waals surface area contributed by atoms with Crippen molar-refractivity contribution < 1.29 is 9.66 Å². The molecule has 1 aromatic heterocycles. The van der Waals surface area contributed by atoms with Gasteiger partial charge in [0.1, 0.15) is 0 Å². The minimum atomic E-state index is -0.565. The fourth-order valence-electron chi connectivity index (χ4n) is 1.46. The van der Waals surface area contributed by atoms with Crippen molar-refractivity contribution in [2.75, 3.05) is 0 Å². The van der Waals surface area contributed by atoms with Gasteiger partial charge >= 0.3 is 5.69 Å². The quantitative estimate of drug-likeness (QED) is 0.482. The van der Waals surface area contributed by atoms with Crippen LogP contribution in [0, 0.1) is 10.1 Å². The number of nitrogens with zero attached hydrogens (tertiary/aromatic N) is 2. The van der Waals surface area contributed by atoms with Gasteiger partial charge in [0, 0.05) is 17.8 Å². The summed E-state index contributed by atoms with van der Waals surface area (Å²) in [5.74, 6) is 0.342. The minimum Gasteiger partial charge on any atom is -0.430 e. The Kier molecular flexibility index (Phi) is 4.19. The fourth-order valence-corrected chi connectivity index (χ4v) is 1.87. The molecule has 0 aliphatic carbocycles. The van der Waals surface area contributed by atoms with Crippen molar-refractivity contribution in [1.82, 2.24) is 4.98 Å². The number of para-hydroxylation sites is 1. The van der Waals surface area contributed by atoms with Crippen LogP contribution in [0.15, 0.2) is 36.5 Å². The molecule has 0 aliphatic heterocycles. The lowest BCUT2D eigenvalue weighted by atomic mass is 10.3. The Morgan fingerprint density at radius 3 is 2.79 bits per heavy atom. The Bertz CT molecular complexity index is 620. The lowest BCUT2D eigenvalue weighted by Crippen LogP contribution is -1.97. The second-order valence-electron chi connectivity index (χ2n) is 3.55. The minimum absolute atomic E-state index is 0.0424. The summed E-state index contributed by atoms with van der Waals surface area (Å²) in [6, 6.07) is 7.72. The molecular weight excluding hydrogens is 291 g/mol. The number of rotatable bonds is 4. The van der Waals surface area contributed by atoms with Gasteiger partial charge in [-0.1, -0.05) is 23.7 Å². The van der Waals surface area contributed by atoms with E-state index in [1.54, 1.807) is 12.1 Å². The highest BCUT2D eigenvalue weighted by Crippen LogP contribution is 2.38. The number of benzene rings is 1. The monoisotopic (exact) mass is 298 g/mol. The van der Waals surface area contributed by atoms with Crippen molar-refractivity contribution in [3.05, 3.63) is 57.2 Å². The van der Waals surface area contributed by atoms with E-state index in [1.165, 1.54) is 24.4 Å². The lowest BCUT2D eigenvalue weighted by molar-refractivity contribution is -0.385. The number of nitro groups is 1. The molecule has 0 bridgehead atoms. The van der Waals surface area contributed by atoms with Gasteiger partial charge in [0.05, 0.1) is 15.8 Å². The molecule has 2 aromatic rings. The molecule has 0 N–H and O–H groups in total. The van der Waals surface area contributed by atoms with E-state index < -0.39 is 4.92 Å². The maximum absolute atomic E-state index is 10.9. The molecule has 0 aliphatic rings. The molecule has 98 valence electrons. The van der Waals surface area contributed by atoms with Crippen LogP contribution in [0.2, 0.25) is 5.02 Å². The largest absolute Gasteiger partial charge is 0.430 e. The van der Waals surface area contributed by atoms with Crippen molar-refractivity contribution >= 4 is 28.9 Å². The van der Waals surface area contributed by atoms with Crippen LogP contribution in [0.25, 0.3) is 0 Å². The molecule has 0 radical (unpaired) electrons. The zero-order chi connectivity index (χ0) is 13.8. The molecule has 0 amide bonds. The maximum atomic E-state index is 10.9. The summed E-state index contributed by atoms with van der Waals surface area (Å²) in [5.41, 5.74) is 0.400. The van der Waals surface area contributed by atoms with Crippen molar-refractivity contribution in [1.29, 1.82) is 0 Å². The summed E-state index contributed by atoms with van der Waals surface area (Å²) in [6.07, 6.45) is 1.51. The first-order chi connectivity index (χ1) is 9.13. The highest BCUT2D eigenvalue weighted by atomic mass is 35.5. The highest BCUT2D eigenvalue weighted by Gasteiger charge is 2.20. The van der Waals surface area contributed by atoms with Crippen molar-refractivity contribution in [3.8, 4) is 11.6 Å². The summed E-state index contributed by atoms with van der Waals surface area (Å²) >= 11 is 11.7. The van der Waals surface area contributed by atoms with Gasteiger partial charge in [-0.15, -0.1) is 11.6 Å². The summed E-state index contributed by atoms with van der Waals surface area (Å²) in [6.45, 7) is 0. The standard InChI is InChI=1S/C12H8Cl2N2O3/c13-7-8-3-2-6-15-12(8)19-11-9(14)4-1-5-10(11)16(17)18/h1-6H,7H2. The Morgan fingerprint density at radius 2 is 2.11 bits per heavy atom. The Morgan fingerprint density at radius 1 is 1.32 bits per heavy atom. The number of pyridine rings is 1. The van der Waals surface area contributed by atoms with E-state index >= 15 is 0 Å². The zero-order valence-electron chi connectivity index (χ0n) is 9.55.